The van der Waals surface area contributed by atoms with Crippen molar-refractivity contribution in [2.24, 2.45) is 7.05 Å². The van der Waals surface area contributed by atoms with Crippen molar-refractivity contribution < 1.29 is 23.0 Å². The van der Waals surface area contributed by atoms with Crippen LogP contribution in [0.15, 0.2) is 30.5 Å². The van der Waals surface area contributed by atoms with Crippen molar-refractivity contribution in [3.05, 3.63) is 36.0 Å². The van der Waals surface area contributed by atoms with E-state index in [1.807, 2.05) is 0 Å². The maximum atomic E-state index is 12.2. The second-order valence-corrected chi connectivity index (χ2v) is 4.07. The van der Waals surface area contributed by atoms with E-state index in [1.165, 1.54) is 30.0 Å². The summed E-state index contributed by atoms with van der Waals surface area (Å²) in [6.07, 6.45) is 1.68. The van der Waals surface area contributed by atoms with Crippen molar-refractivity contribution >= 4 is 11.7 Å². The van der Waals surface area contributed by atoms with Crippen LogP contribution in [0.3, 0.4) is 0 Å². The zero-order valence-electron chi connectivity index (χ0n) is 11.3. The number of amides is 1. The lowest BCUT2D eigenvalue weighted by Gasteiger charge is -2.11. The number of alkyl halides is 2. The molecule has 1 N–H and O–H groups in total. The molecule has 0 aliphatic rings. The van der Waals surface area contributed by atoms with Gasteiger partial charge in [-0.1, -0.05) is 0 Å². The minimum absolute atomic E-state index is 0.0453. The number of aromatic nitrogens is 2. The fourth-order valence-electron chi connectivity index (χ4n) is 1.67. The van der Waals surface area contributed by atoms with E-state index in [4.69, 9.17) is 4.74 Å². The quantitative estimate of drug-likeness (QED) is 0.919. The normalized spacial score (nSPS) is 10.5. The number of halogens is 2. The Labute approximate surface area is 119 Å². The topological polar surface area (TPSA) is 65.4 Å². The van der Waals surface area contributed by atoms with E-state index in [0.717, 1.165) is 0 Å². The van der Waals surface area contributed by atoms with Gasteiger partial charge >= 0.3 is 6.61 Å². The van der Waals surface area contributed by atoms with Crippen LogP contribution in [0.25, 0.3) is 0 Å². The molecule has 0 bridgehead atoms. The highest BCUT2D eigenvalue weighted by Gasteiger charge is 2.14. The number of benzene rings is 1. The number of methoxy groups -OCH3 is 1. The Morgan fingerprint density at radius 1 is 1.33 bits per heavy atom. The number of carbonyl (C=O) groups excluding carboxylic acids is 1. The first-order valence-corrected chi connectivity index (χ1v) is 5.93. The molecular formula is C13H13F2N3O3. The molecule has 1 aromatic carbocycles. The smallest absolute Gasteiger partial charge is 0.387 e. The van der Waals surface area contributed by atoms with Gasteiger partial charge in [-0.05, 0) is 18.2 Å². The van der Waals surface area contributed by atoms with E-state index in [0.29, 0.717) is 5.82 Å². The number of ether oxygens (including phenoxy) is 2. The Morgan fingerprint density at radius 3 is 2.67 bits per heavy atom. The molecule has 0 atom stereocenters. The Morgan fingerprint density at radius 2 is 2.10 bits per heavy atom. The molecule has 21 heavy (non-hydrogen) atoms. The van der Waals surface area contributed by atoms with E-state index >= 15 is 0 Å². The SMILES string of the molecule is COc1cc(C(=O)Nc2ccn(C)n2)ccc1OC(F)F. The lowest BCUT2D eigenvalue weighted by Crippen LogP contribution is -2.13. The second-order valence-electron chi connectivity index (χ2n) is 4.07. The molecule has 0 aliphatic heterocycles. The number of hydrogen-bond acceptors (Lipinski definition) is 4. The van der Waals surface area contributed by atoms with Gasteiger partial charge in [0.05, 0.1) is 7.11 Å². The lowest BCUT2D eigenvalue weighted by molar-refractivity contribution is -0.0512. The van der Waals surface area contributed by atoms with E-state index in [9.17, 15) is 13.6 Å². The van der Waals surface area contributed by atoms with Crippen LogP contribution in [0.4, 0.5) is 14.6 Å². The first-order valence-electron chi connectivity index (χ1n) is 5.93. The summed E-state index contributed by atoms with van der Waals surface area (Å²) in [6.45, 7) is -2.97. The summed E-state index contributed by atoms with van der Waals surface area (Å²) < 4.78 is 35.2. The van der Waals surface area contributed by atoms with Crippen molar-refractivity contribution in [2.45, 2.75) is 6.61 Å². The fraction of sp³-hybridized carbons (Fsp3) is 0.231. The van der Waals surface area contributed by atoms with E-state index < -0.39 is 12.5 Å². The molecular weight excluding hydrogens is 284 g/mol. The third kappa shape index (κ3) is 3.68. The fourth-order valence-corrected chi connectivity index (χ4v) is 1.67. The van der Waals surface area contributed by atoms with E-state index in [1.54, 1.807) is 19.3 Å². The van der Waals surface area contributed by atoms with Gasteiger partial charge in [-0.25, -0.2) is 0 Å². The summed E-state index contributed by atoms with van der Waals surface area (Å²) >= 11 is 0. The third-order valence-electron chi connectivity index (χ3n) is 2.60. The molecule has 1 heterocycles. The molecule has 0 unspecified atom stereocenters. The number of carbonyl (C=O) groups is 1. The summed E-state index contributed by atoms with van der Waals surface area (Å²) in [7, 11) is 3.02. The Balaban J connectivity index is 2.17. The molecule has 0 radical (unpaired) electrons. The summed E-state index contributed by atoms with van der Waals surface area (Å²) in [5.74, 6) is -0.143. The van der Waals surface area contributed by atoms with E-state index in [-0.39, 0.29) is 17.1 Å². The van der Waals surface area contributed by atoms with Crippen LogP contribution in [0.5, 0.6) is 11.5 Å². The zero-order chi connectivity index (χ0) is 15.4. The molecule has 0 saturated heterocycles. The van der Waals surface area contributed by atoms with Gasteiger partial charge in [0.1, 0.15) is 0 Å². The van der Waals surface area contributed by atoms with Crippen molar-refractivity contribution in [2.75, 3.05) is 12.4 Å². The number of rotatable bonds is 5. The van der Waals surface area contributed by atoms with Gasteiger partial charge in [0.15, 0.2) is 17.3 Å². The molecule has 2 rings (SSSR count). The number of hydrogen-bond donors (Lipinski definition) is 1. The molecule has 1 amide bonds. The first kappa shape index (κ1) is 14.8. The number of aryl methyl sites for hydroxylation is 1. The van der Waals surface area contributed by atoms with Gasteiger partial charge < -0.3 is 14.8 Å². The van der Waals surface area contributed by atoms with Crippen molar-refractivity contribution in [3.8, 4) is 11.5 Å². The molecule has 112 valence electrons. The maximum Gasteiger partial charge on any atom is 0.387 e. The average Bonchev–Trinajstić information content (AvgIpc) is 2.83. The van der Waals surface area contributed by atoms with Crippen molar-refractivity contribution in [1.29, 1.82) is 0 Å². The predicted octanol–water partition coefficient (Wildman–Crippen LogP) is 2.28. The van der Waals surface area contributed by atoms with Gasteiger partial charge in [-0.15, -0.1) is 0 Å². The molecule has 0 spiro atoms. The highest BCUT2D eigenvalue weighted by Crippen LogP contribution is 2.29. The minimum atomic E-state index is -2.97. The zero-order valence-corrected chi connectivity index (χ0v) is 11.3. The molecule has 8 heteroatoms. The van der Waals surface area contributed by atoms with Crippen LogP contribution >= 0.6 is 0 Å². The minimum Gasteiger partial charge on any atom is -0.493 e. The van der Waals surface area contributed by atoms with Crippen LogP contribution in [0.2, 0.25) is 0 Å². The van der Waals surface area contributed by atoms with Crippen LogP contribution in [0.1, 0.15) is 10.4 Å². The number of nitrogens with zero attached hydrogens (tertiary/aromatic N) is 2. The molecule has 1 aromatic heterocycles. The van der Waals surface area contributed by atoms with Crippen molar-refractivity contribution in [1.82, 2.24) is 9.78 Å². The Bertz CT molecular complexity index is 643. The number of anilines is 1. The molecule has 0 aliphatic carbocycles. The Hall–Kier alpha value is -2.64. The van der Waals surface area contributed by atoms with Crippen LogP contribution < -0.4 is 14.8 Å². The molecule has 0 saturated carbocycles. The monoisotopic (exact) mass is 297 g/mol. The number of nitrogens with one attached hydrogen (secondary N) is 1. The van der Waals surface area contributed by atoms with Crippen molar-refractivity contribution in [3.63, 3.8) is 0 Å². The largest absolute Gasteiger partial charge is 0.493 e. The molecule has 0 fully saturated rings. The van der Waals surface area contributed by atoms with E-state index in [2.05, 4.69) is 15.2 Å². The predicted molar refractivity (Wildman–Crippen MR) is 70.8 cm³/mol. The highest BCUT2D eigenvalue weighted by molar-refractivity contribution is 6.04. The first-order chi connectivity index (χ1) is 9.99. The van der Waals surface area contributed by atoms with Gasteiger partial charge in [-0.2, -0.15) is 13.9 Å². The van der Waals surface area contributed by atoms with Gasteiger partial charge in [0.2, 0.25) is 0 Å². The Kier molecular flexibility index (Phi) is 4.36. The van der Waals surface area contributed by atoms with Gasteiger partial charge in [0.25, 0.3) is 5.91 Å². The van der Waals surface area contributed by atoms with Crippen LogP contribution in [-0.2, 0) is 7.05 Å². The lowest BCUT2D eigenvalue weighted by atomic mass is 10.2. The van der Waals surface area contributed by atoms with Crippen LogP contribution in [0, 0.1) is 0 Å². The molecule has 2 aromatic rings. The third-order valence-corrected chi connectivity index (χ3v) is 2.60. The summed E-state index contributed by atoms with van der Waals surface area (Å²) in [4.78, 5) is 12.0. The maximum absolute atomic E-state index is 12.2. The van der Waals surface area contributed by atoms with Gasteiger partial charge in [0, 0.05) is 24.9 Å². The standard InChI is InChI=1S/C13H13F2N3O3/c1-18-6-5-11(17-18)16-12(19)8-3-4-9(21-13(14)15)10(7-8)20-2/h3-7,13H,1-2H3,(H,16,17,19). The summed E-state index contributed by atoms with van der Waals surface area (Å²) in [5, 5.41) is 6.58. The average molecular weight is 297 g/mol. The second kappa shape index (κ2) is 6.21. The van der Waals surface area contributed by atoms with Crippen LogP contribution in [-0.4, -0.2) is 29.4 Å². The molecule has 6 nitrogen and oxygen atoms in total. The van der Waals surface area contributed by atoms with Gasteiger partial charge in [-0.3, -0.25) is 9.48 Å². The summed E-state index contributed by atoms with van der Waals surface area (Å²) in [6, 6.07) is 5.55. The summed E-state index contributed by atoms with van der Waals surface area (Å²) in [5.41, 5.74) is 0.235. The highest BCUT2D eigenvalue weighted by atomic mass is 19.3.